The monoisotopic (exact) mass is 264 g/mol. The van der Waals surface area contributed by atoms with Crippen LogP contribution in [0.5, 0.6) is 5.75 Å². The van der Waals surface area contributed by atoms with Gasteiger partial charge in [-0.2, -0.15) is 0 Å². The maximum absolute atomic E-state index is 9.74. The lowest BCUT2D eigenvalue weighted by Crippen LogP contribution is -2.44. The van der Waals surface area contributed by atoms with Gasteiger partial charge in [-0.1, -0.05) is 18.2 Å². The summed E-state index contributed by atoms with van der Waals surface area (Å²) >= 11 is 0. The lowest BCUT2D eigenvalue weighted by molar-refractivity contribution is -0.249. The zero-order chi connectivity index (χ0) is 13.7. The second-order valence-electron chi connectivity index (χ2n) is 4.58. The number of hydrogen-bond donors (Lipinski definition) is 1. The van der Waals surface area contributed by atoms with Crippen LogP contribution >= 0.6 is 0 Å². The number of aliphatic hydroxyl groups is 1. The van der Waals surface area contributed by atoms with E-state index in [2.05, 4.69) is 6.58 Å². The van der Waals surface area contributed by atoms with Crippen LogP contribution in [0, 0.1) is 0 Å². The summed E-state index contributed by atoms with van der Waals surface area (Å²) in [6.45, 7) is 3.98. The standard InChI is InChI=1S/C15H20O4/c1-3-4-14-13(16)10-18-15(19-14)9-11-5-7-12(17-2)8-6-11/h3,5-8,13-16H,1,4,9-10H2,2H3/t13-,14+,15-/m1/s1. The largest absolute Gasteiger partial charge is 0.497 e. The van der Waals surface area contributed by atoms with Crippen LogP contribution in [0.3, 0.4) is 0 Å². The molecule has 0 amide bonds. The molecular formula is C15H20O4. The molecule has 19 heavy (non-hydrogen) atoms. The Hall–Kier alpha value is -1.36. The van der Waals surface area contributed by atoms with Crippen molar-refractivity contribution in [2.24, 2.45) is 0 Å². The minimum atomic E-state index is -0.579. The first-order valence-electron chi connectivity index (χ1n) is 6.42. The number of rotatable bonds is 5. The highest BCUT2D eigenvalue weighted by atomic mass is 16.7. The predicted molar refractivity (Wildman–Crippen MR) is 72.1 cm³/mol. The van der Waals surface area contributed by atoms with E-state index in [1.54, 1.807) is 13.2 Å². The van der Waals surface area contributed by atoms with Crippen LogP contribution in [0.4, 0.5) is 0 Å². The Kier molecular flexibility index (Phi) is 4.96. The summed E-state index contributed by atoms with van der Waals surface area (Å²) in [6.07, 6.45) is 1.92. The van der Waals surface area contributed by atoms with Gasteiger partial charge in [0.05, 0.1) is 19.8 Å². The average Bonchev–Trinajstić information content (AvgIpc) is 2.44. The molecule has 1 aliphatic rings. The van der Waals surface area contributed by atoms with Gasteiger partial charge in [-0.05, 0) is 24.1 Å². The van der Waals surface area contributed by atoms with Gasteiger partial charge in [0.2, 0.25) is 0 Å². The van der Waals surface area contributed by atoms with E-state index in [0.717, 1.165) is 11.3 Å². The Morgan fingerprint density at radius 2 is 2.16 bits per heavy atom. The van der Waals surface area contributed by atoms with Gasteiger partial charge in [-0.3, -0.25) is 0 Å². The summed E-state index contributed by atoms with van der Waals surface area (Å²) < 4.78 is 16.3. The third-order valence-corrected chi connectivity index (χ3v) is 3.17. The summed E-state index contributed by atoms with van der Waals surface area (Å²) in [7, 11) is 1.64. The lowest BCUT2D eigenvalue weighted by Gasteiger charge is -2.33. The molecular weight excluding hydrogens is 244 g/mol. The van der Waals surface area contributed by atoms with E-state index in [0.29, 0.717) is 19.4 Å². The number of benzene rings is 1. The molecule has 0 aliphatic carbocycles. The third-order valence-electron chi connectivity index (χ3n) is 3.17. The van der Waals surface area contributed by atoms with Crippen molar-refractivity contribution in [1.29, 1.82) is 0 Å². The summed E-state index contributed by atoms with van der Waals surface area (Å²) in [5.41, 5.74) is 1.11. The molecule has 4 nitrogen and oxygen atoms in total. The molecule has 1 saturated heterocycles. The first-order valence-corrected chi connectivity index (χ1v) is 6.42. The SMILES string of the molecule is C=CC[C@@H]1O[C@H](Cc2ccc(OC)cc2)OC[C@H]1O. The van der Waals surface area contributed by atoms with Crippen LogP contribution in [-0.4, -0.2) is 37.3 Å². The number of hydrogen-bond acceptors (Lipinski definition) is 4. The Morgan fingerprint density at radius 1 is 1.42 bits per heavy atom. The highest BCUT2D eigenvalue weighted by Gasteiger charge is 2.29. The first kappa shape index (κ1) is 14.1. The summed E-state index contributed by atoms with van der Waals surface area (Å²) in [4.78, 5) is 0. The highest BCUT2D eigenvalue weighted by molar-refractivity contribution is 5.27. The van der Waals surface area contributed by atoms with E-state index >= 15 is 0 Å². The van der Waals surface area contributed by atoms with Crippen molar-refractivity contribution in [1.82, 2.24) is 0 Å². The van der Waals surface area contributed by atoms with Gasteiger partial charge >= 0.3 is 0 Å². The zero-order valence-electron chi connectivity index (χ0n) is 11.1. The van der Waals surface area contributed by atoms with E-state index in [9.17, 15) is 5.11 Å². The smallest absolute Gasteiger partial charge is 0.162 e. The summed E-state index contributed by atoms with van der Waals surface area (Å²) in [5.74, 6) is 0.828. The molecule has 1 aromatic rings. The van der Waals surface area contributed by atoms with Gasteiger partial charge in [-0.15, -0.1) is 6.58 Å². The van der Waals surface area contributed by atoms with Crippen molar-refractivity contribution in [2.75, 3.05) is 13.7 Å². The average molecular weight is 264 g/mol. The number of ether oxygens (including phenoxy) is 3. The van der Waals surface area contributed by atoms with Gasteiger partial charge < -0.3 is 19.3 Å². The maximum Gasteiger partial charge on any atom is 0.162 e. The van der Waals surface area contributed by atoms with E-state index < -0.39 is 6.10 Å². The van der Waals surface area contributed by atoms with E-state index in [4.69, 9.17) is 14.2 Å². The molecule has 104 valence electrons. The zero-order valence-corrected chi connectivity index (χ0v) is 11.1. The number of aliphatic hydroxyl groups excluding tert-OH is 1. The van der Waals surface area contributed by atoms with Crippen LogP contribution < -0.4 is 4.74 Å². The van der Waals surface area contributed by atoms with Crippen LogP contribution in [0.25, 0.3) is 0 Å². The molecule has 1 N–H and O–H groups in total. The van der Waals surface area contributed by atoms with Crippen molar-refractivity contribution in [2.45, 2.75) is 31.3 Å². The van der Waals surface area contributed by atoms with E-state index in [1.807, 2.05) is 24.3 Å². The Labute approximate surface area is 113 Å². The second-order valence-corrected chi connectivity index (χ2v) is 4.58. The molecule has 1 fully saturated rings. The van der Waals surface area contributed by atoms with Crippen molar-refractivity contribution < 1.29 is 19.3 Å². The molecule has 0 unspecified atom stereocenters. The molecule has 4 heteroatoms. The molecule has 0 aromatic heterocycles. The van der Waals surface area contributed by atoms with Gasteiger partial charge in [-0.25, -0.2) is 0 Å². The molecule has 0 spiro atoms. The third kappa shape index (κ3) is 3.80. The highest BCUT2D eigenvalue weighted by Crippen LogP contribution is 2.20. The number of methoxy groups -OCH3 is 1. The van der Waals surface area contributed by atoms with E-state index in [-0.39, 0.29) is 12.4 Å². The van der Waals surface area contributed by atoms with Crippen molar-refractivity contribution >= 4 is 0 Å². The van der Waals surface area contributed by atoms with Crippen LogP contribution in [0.15, 0.2) is 36.9 Å². The fourth-order valence-corrected chi connectivity index (χ4v) is 2.08. The second kappa shape index (κ2) is 6.70. The minimum Gasteiger partial charge on any atom is -0.497 e. The van der Waals surface area contributed by atoms with Crippen molar-refractivity contribution in [3.05, 3.63) is 42.5 Å². The van der Waals surface area contributed by atoms with Gasteiger partial charge in [0.15, 0.2) is 6.29 Å². The maximum atomic E-state index is 9.74. The molecule has 0 bridgehead atoms. The van der Waals surface area contributed by atoms with Crippen molar-refractivity contribution in [3.63, 3.8) is 0 Å². The predicted octanol–water partition coefficient (Wildman–Crippen LogP) is 1.92. The van der Waals surface area contributed by atoms with Crippen LogP contribution in [-0.2, 0) is 15.9 Å². The quantitative estimate of drug-likeness (QED) is 0.825. The topological polar surface area (TPSA) is 47.9 Å². The lowest BCUT2D eigenvalue weighted by atomic mass is 10.1. The van der Waals surface area contributed by atoms with Gasteiger partial charge in [0.25, 0.3) is 0 Å². The molecule has 3 atom stereocenters. The van der Waals surface area contributed by atoms with Crippen molar-refractivity contribution in [3.8, 4) is 5.75 Å². The van der Waals surface area contributed by atoms with Crippen LogP contribution in [0.2, 0.25) is 0 Å². The Balaban J connectivity index is 1.92. The van der Waals surface area contributed by atoms with Gasteiger partial charge in [0, 0.05) is 6.42 Å². The Bertz CT molecular complexity index is 401. The molecule has 1 aromatic carbocycles. The summed E-state index contributed by atoms with van der Waals surface area (Å²) in [5, 5.41) is 9.74. The van der Waals surface area contributed by atoms with E-state index in [1.165, 1.54) is 0 Å². The first-order chi connectivity index (χ1) is 9.22. The fourth-order valence-electron chi connectivity index (χ4n) is 2.08. The molecule has 1 heterocycles. The Morgan fingerprint density at radius 3 is 2.79 bits per heavy atom. The van der Waals surface area contributed by atoms with Crippen LogP contribution in [0.1, 0.15) is 12.0 Å². The van der Waals surface area contributed by atoms with Gasteiger partial charge in [0.1, 0.15) is 11.9 Å². The minimum absolute atomic E-state index is 0.227. The molecule has 2 rings (SSSR count). The molecule has 0 saturated carbocycles. The summed E-state index contributed by atoms with van der Waals surface area (Å²) in [6, 6.07) is 7.79. The fraction of sp³-hybridized carbons (Fsp3) is 0.467. The normalized spacial score (nSPS) is 26.9. The molecule has 1 aliphatic heterocycles. The molecule has 0 radical (unpaired) electrons.